The van der Waals surface area contributed by atoms with Crippen LogP contribution in [0.5, 0.6) is 5.75 Å². The molecule has 1 amide bonds. The number of hydrogen-bond donors (Lipinski definition) is 2. The lowest BCUT2D eigenvalue weighted by molar-refractivity contribution is 0.103. The number of rotatable bonds is 3. The summed E-state index contributed by atoms with van der Waals surface area (Å²) in [4.78, 5) is 12.4. The van der Waals surface area contributed by atoms with E-state index in [4.69, 9.17) is 10.5 Å². The van der Waals surface area contributed by atoms with Crippen LogP contribution >= 0.6 is 11.5 Å². The number of nitrogen functional groups attached to an aromatic ring is 1. The summed E-state index contributed by atoms with van der Waals surface area (Å²) in [7, 11) is 1.55. The van der Waals surface area contributed by atoms with Gasteiger partial charge in [0, 0.05) is 6.07 Å². The number of aryl methyl sites for hydroxylation is 1. The predicted molar refractivity (Wildman–Crippen MR) is 70.0 cm³/mol. The van der Waals surface area contributed by atoms with Gasteiger partial charge in [0.25, 0.3) is 5.91 Å². The lowest BCUT2D eigenvalue weighted by atomic mass is 10.2. The molecule has 0 saturated carbocycles. The molecule has 94 valence electrons. The van der Waals surface area contributed by atoms with Gasteiger partial charge in [-0.25, -0.2) is 0 Å². The van der Waals surface area contributed by atoms with E-state index in [1.54, 1.807) is 32.2 Å². The van der Waals surface area contributed by atoms with Crippen molar-refractivity contribution in [3.8, 4) is 5.75 Å². The minimum Gasteiger partial charge on any atom is -0.497 e. The molecule has 6 nitrogen and oxygen atoms in total. The number of methoxy groups -OCH3 is 1. The van der Waals surface area contributed by atoms with E-state index in [-0.39, 0.29) is 5.91 Å². The highest BCUT2D eigenvalue weighted by atomic mass is 32.1. The van der Waals surface area contributed by atoms with Gasteiger partial charge in [-0.1, -0.05) is 4.49 Å². The van der Waals surface area contributed by atoms with Crippen molar-refractivity contribution in [3.05, 3.63) is 28.8 Å². The molecule has 0 aliphatic carbocycles. The number of benzene rings is 1. The normalized spacial score (nSPS) is 10.1. The lowest BCUT2D eigenvalue weighted by Gasteiger charge is -2.09. The Hall–Kier alpha value is -2.15. The van der Waals surface area contributed by atoms with Crippen LogP contribution in [0.15, 0.2) is 18.2 Å². The van der Waals surface area contributed by atoms with Crippen LogP contribution in [0.4, 0.5) is 11.4 Å². The molecule has 3 N–H and O–H groups in total. The van der Waals surface area contributed by atoms with Gasteiger partial charge < -0.3 is 15.8 Å². The number of nitrogens with two attached hydrogens (primary N) is 1. The zero-order valence-corrected chi connectivity index (χ0v) is 10.7. The highest BCUT2D eigenvalue weighted by molar-refractivity contribution is 7.08. The molecule has 0 atom stereocenters. The minimum atomic E-state index is -0.276. The molecule has 0 aliphatic heterocycles. The standard InChI is InChI=1S/C11H12N4O2S/c1-6-10(18-15-14-6)11(16)13-9-5-7(17-2)3-4-8(9)12/h3-5H,12H2,1-2H3,(H,13,16). The van der Waals surface area contributed by atoms with E-state index in [1.165, 1.54) is 0 Å². The van der Waals surface area contributed by atoms with Crippen LogP contribution in [0.1, 0.15) is 15.4 Å². The lowest BCUT2D eigenvalue weighted by Crippen LogP contribution is -2.13. The minimum absolute atomic E-state index is 0.276. The first-order valence-corrected chi connectivity index (χ1v) is 5.93. The first-order chi connectivity index (χ1) is 8.61. The topological polar surface area (TPSA) is 90.1 Å². The van der Waals surface area contributed by atoms with Gasteiger partial charge in [-0.15, -0.1) is 5.10 Å². The monoisotopic (exact) mass is 264 g/mol. The number of hydrogen-bond acceptors (Lipinski definition) is 6. The zero-order chi connectivity index (χ0) is 13.1. The smallest absolute Gasteiger partial charge is 0.269 e. The van der Waals surface area contributed by atoms with E-state index in [0.29, 0.717) is 27.7 Å². The van der Waals surface area contributed by atoms with Crippen molar-refractivity contribution >= 4 is 28.8 Å². The van der Waals surface area contributed by atoms with E-state index >= 15 is 0 Å². The summed E-state index contributed by atoms with van der Waals surface area (Å²) in [6.07, 6.45) is 0. The molecule has 0 saturated heterocycles. The number of nitrogens with zero attached hydrogens (tertiary/aromatic N) is 2. The van der Waals surface area contributed by atoms with Crippen LogP contribution < -0.4 is 15.8 Å². The Kier molecular flexibility index (Phi) is 3.42. The van der Waals surface area contributed by atoms with Crippen molar-refractivity contribution in [2.75, 3.05) is 18.2 Å². The van der Waals surface area contributed by atoms with Crippen LogP contribution in [0.3, 0.4) is 0 Å². The van der Waals surface area contributed by atoms with Crippen LogP contribution in [0.2, 0.25) is 0 Å². The average Bonchev–Trinajstić information content (AvgIpc) is 2.78. The van der Waals surface area contributed by atoms with Crippen molar-refractivity contribution in [3.63, 3.8) is 0 Å². The Morgan fingerprint density at radius 1 is 1.50 bits per heavy atom. The maximum Gasteiger partial charge on any atom is 0.269 e. The molecule has 18 heavy (non-hydrogen) atoms. The molecule has 2 aromatic rings. The van der Waals surface area contributed by atoms with Crippen molar-refractivity contribution in [2.45, 2.75) is 6.92 Å². The van der Waals surface area contributed by atoms with Gasteiger partial charge >= 0.3 is 0 Å². The van der Waals surface area contributed by atoms with Crippen LogP contribution in [-0.2, 0) is 0 Å². The molecule has 0 unspecified atom stereocenters. The highest BCUT2D eigenvalue weighted by Crippen LogP contribution is 2.25. The number of amides is 1. The van der Waals surface area contributed by atoms with E-state index in [1.807, 2.05) is 0 Å². The molecule has 7 heteroatoms. The fourth-order valence-electron chi connectivity index (χ4n) is 1.39. The zero-order valence-electron chi connectivity index (χ0n) is 9.93. The van der Waals surface area contributed by atoms with Crippen LogP contribution in [0, 0.1) is 6.92 Å². The Labute approximate surface area is 108 Å². The molecule has 1 heterocycles. The van der Waals surface area contributed by atoms with Gasteiger partial charge in [0.1, 0.15) is 10.6 Å². The van der Waals surface area contributed by atoms with Gasteiger partial charge in [0.15, 0.2) is 0 Å². The number of aromatic nitrogens is 2. The first kappa shape index (κ1) is 12.3. The SMILES string of the molecule is COc1ccc(N)c(NC(=O)c2snnc2C)c1. The summed E-state index contributed by atoms with van der Waals surface area (Å²) in [6.45, 7) is 1.73. The largest absolute Gasteiger partial charge is 0.497 e. The van der Waals surface area contributed by atoms with Crippen LogP contribution in [-0.4, -0.2) is 22.6 Å². The Morgan fingerprint density at radius 3 is 2.89 bits per heavy atom. The quantitative estimate of drug-likeness (QED) is 0.823. The number of anilines is 2. The van der Waals surface area contributed by atoms with Crippen molar-refractivity contribution in [1.82, 2.24) is 9.59 Å². The number of nitrogens with one attached hydrogen (secondary N) is 1. The van der Waals surface area contributed by atoms with Crippen molar-refractivity contribution in [2.24, 2.45) is 0 Å². The molecule has 2 rings (SSSR count). The third-order valence-electron chi connectivity index (χ3n) is 2.37. The summed E-state index contributed by atoms with van der Waals surface area (Å²) in [5, 5.41) is 6.50. The Bertz CT molecular complexity index is 582. The molecular weight excluding hydrogens is 252 g/mol. The van der Waals surface area contributed by atoms with Crippen LogP contribution in [0.25, 0.3) is 0 Å². The van der Waals surface area contributed by atoms with Gasteiger partial charge in [-0.3, -0.25) is 4.79 Å². The maximum absolute atomic E-state index is 12.0. The second-order valence-corrected chi connectivity index (χ2v) is 4.35. The van der Waals surface area contributed by atoms with Crippen molar-refractivity contribution < 1.29 is 9.53 Å². The second kappa shape index (κ2) is 5.01. The number of carbonyl (C=O) groups excluding carboxylic acids is 1. The van der Waals surface area contributed by atoms with E-state index in [2.05, 4.69) is 14.9 Å². The van der Waals surface area contributed by atoms with Gasteiger partial charge in [-0.05, 0) is 30.6 Å². The van der Waals surface area contributed by atoms with E-state index < -0.39 is 0 Å². The van der Waals surface area contributed by atoms with E-state index in [9.17, 15) is 4.79 Å². The first-order valence-electron chi connectivity index (χ1n) is 5.15. The second-order valence-electron chi connectivity index (χ2n) is 3.59. The van der Waals surface area contributed by atoms with E-state index in [0.717, 1.165) is 11.5 Å². The summed E-state index contributed by atoms with van der Waals surface area (Å²) in [5.41, 5.74) is 7.36. The van der Waals surface area contributed by atoms with Crippen molar-refractivity contribution in [1.29, 1.82) is 0 Å². The molecule has 0 radical (unpaired) electrons. The highest BCUT2D eigenvalue weighted by Gasteiger charge is 2.14. The fraction of sp³-hybridized carbons (Fsp3) is 0.182. The predicted octanol–water partition coefficient (Wildman–Crippen LogP) is 1.69. The third-order valence-corrected chi connectivity index (χ3v) is 3.19. The molecule has 0 bridgehead atoms. The average molecular weight is 264 g/mol. The Morgan fingerprint density at radius 2 is 2.28 bits per heavy atom. The molecule has 1 aromatic heterocycles. The fourth-order valence-corrected chi connectivity index (χ4v) is 1.94. The third kappa shape index (κ3) is 2.40. The Balaban J connectivity index is 2.24. The number of ether oxygens (including phenoxy) is 1. The molecule has 1 aromatic carbocycles. The molecular formula is C11H12N4O2S. The van der Waals surface area contributed by atoms with Gasteiger partial charge in [-0.2, -0.15) is 0 Å². The summed E-state index contributed by atoms with van der Waals surface area (Å²) >= 11 is 1.05. The summed E-state index contributed by atoms with van der Waals surface area (Å²) in [5.74, 6) is 0.348. The molecule has 0 aliphatic rings. The summed E-state index contributed by atoms with van der Waals surface area (Å²) in [6, 6.07) is 5.06. The number of carbonyl (C=O) groups is 1. The van der Waals surface area contributed by atoms with Gasteiger partial charge in [0.2, 0.25) is 0 Å². The molecule has 0 fully saturated rings. The molecule has 0 spiro atoms. The summed E-state index contributed by atoms with van der Waals surface area (Å²) < 4.78 is 8.79. The maximum atomic E-state index is 12.0. The van der Waals surface area contributed by atoms with Gasteiger partial charge in [0.05, 0.1) is 24.2 Å².